The van der Waals surface area contributed by atoms with Crippen LogP contribution in [-0.4, -0.2) is 33.6 Å². The second-order valence-electron chi connectivity index (χ2n) is 4.80. The van der Waals surface area contributed by atoms with E-state index in [2.05, 4.69) is 15.7 Å². The van der Waals surface area contributed by atoms with E-state index < -0.39 is 0 Å². The molecule has 0 aliphatic rings. The maximum absolute atomic E-state index is 11.8. The molecule has 6 nitrogen and oxygen atoms in total. The van der Waals surface area contributed by atoms with Gasteiger partial charge < -0.3 is 10.4 Å². The molecule has 18 heavy (non-hydrogen) atoms. The minimum Gasteiger partial charge on any atom is -0.396 e. The fourth-order valence-electron chi connectivity index (χ4n) is 1.48. The number of hydrogen-bond donors (Lipinski definition) is 3. The predicted octanol–water partition coefficient (Wildman–Crippen LogP) is 1.60. The van der Waals surface area contributed by atoms with Crippen LogP contribution in [0.1, 0.15) is 33.7 Å². The molecule has 0 spiro atoms. The highest BCUT2D eigenvalue weighted by Gasteiger charge is 2.15. The third-order valence-electron chi connectivity index (χ3n) is 2.90. The van der Waals surface area contributed by atoms with Crippen LogP contribution in [0.3, 0.4) is 0 Å². The first-order valence-corrected chi connectivity index (χ1v) is 6.17. The summed E-state index contributed by atoms with van der Waals surface area (Å²) in [6.07, 6.45) is 1.65. The number of nitrogens with one attached hydrogen (secondary N) is 2. The minimum atomic E-state index is -0.287. The Bertz CT molecular complexity index is 389. The molecule has 2 amide bonds. The number of anilines is 1. The van der Waals surface area contributed by atoms with Crippen LogP contribution in [0.15, 0.2) is 12.3 Å². The Morgan fingerprint density at radius 1 is 1.44 bits per heavy atom. The monoisotopic (exact) mass is 254 g/mol. The molecule has 0 radical (unpaired) electrons. The zero-order valence-corrected chi connectivity index (χ0v) is 11.3. The van der Waals surface area contributed by atoms with Crippen molar-refractivity contribution in [1.29, 1.82) is 0 Å². The molecule has 1 aromatic rings. The Balaban J connectivity index is 2.57. The van der Waals surface area contributed by atoms with E-state index in [4.69, 9.17) is 5.11 Å². The molecular formula is C12H22N4O2. The van der Waals surface area contributed by atoms with Crippen molar-refractivity contribution in [2.24, 2.45) is 5.92 Å². The summed E-state index contributed by atoms with van der Waals surface area (Å²) in [5, 5.41) is 18.7. The predicted molar refractivity (Wildman–Crippen MR) is 70.5 cm³/mol. The van der Waals surface area contributed by atoms with Gasteiger partial charge in [-0.15, -0.1) is 0 Å². The lowest BCUT2D eigenvalue weighted by Crippen LogP contribution is -2.41. The Kier molecular flexibility index (Phi) is 5.15. The van der Waals surface area contributed by atoms with Gasteiger partial charge in [-0.2, -0.15) is 5.10 Å². The molecule has 0 fully saturated rings. The lowest BCUT2D eigenvalue weighted by atomic mass is 10.1. The van der Waals surface area contributed by atoms with Gasteiger partial charge >= 0.3 is 6.03 Å². The molecule has 0 aliphatic carbocycles. The second kappa shape index (κ2) is 6.39. The number of nitrogens with zero attached hydrogens (tertiary/aromatic N) is 2. The lowest BCUT2D eigenvalue weighted by molar-refractivity contribution is 0.204. The Hall–Kier alpha value is -1.56. The number of rotatable bonds is 5. The van der Waals surface area contributed by atoms with Crippen molar-refractivity contribution < 1.29 is 9.90 Å². The van der Waals surface area contributed by atoms with Crippen LogP contribution < -0.4 is 10.6 Å². The molecule has 0 saturated heterocycles. The van der Waals surface area contributed by atoms with E-state index >= 15 is 0 Å². The first-order valence-electron chi connectivity index (χ1n) is 6.17. The quantitative estimate of drug-likeness (QED) is 0.746. The Morgan fingerprint density at radius 2 is 2.11 bits per heavy atom. The average molecular weight is 254 g/mol. The van der Waals surface area contributed by atoms with Gasteiger partial charge in [0.2, 0.25) is 0 Å². The number of carbonyl (C=O) groups excluding carboxylic acids is 1. The van der Waals surface area contributed by atoms with Gasteiger partial charge in [-0.1, -0.05) is 6.92 Å². The SMILES string of the molecule is CC(CO)C(C)NC(=O)Nc1ccnn1C(C)C. The number of hydrogen-bond acceptors (Lipinski definition) is 3. The third-order valence-corrected chi connectivity index (χ3v) is 2.90. The summed E-state index contributed by atoms with van der Waals surface area (Å²) in [4.78, 5) is 11.8. The standard InChI is InChI=1S/C12H22N4O2/c1-8(2)16-11(5-6-13-16)15-12(18)14-10(4)9(3)7-17/h5-6,8-10,17H,7H2,1-4H3,(H2,14,15,18). The van der Waals surface area contributed by atoms with Gasteiger partial charge in [0, 0.05) is 24.8 Å². The van der Waals surface area contributed by atoms with E-state index in [9.17, 15) is 4.79 Å². The van der Waals surface area contributed by atoms with E-state index in [1.165, 1.54) is 0 Å². The summed E-state index contributed by atoms with van der Waals surface area (Å²) in [7, 11) is 0. The zero-order valence-electron chi connectivity index (χ0n) is 11.3. The van der Waals surface area contributed by atoms with E-state index in [-0.39, 0.29) is 30.6 Å². The first-order chi connectivity index (χ1) is 8.45. The van der Waals surface area contributed by atoms with Crippen LogP contribution >= 0.6 is 0 Å². The molecule has 0 aromatic carbocycles. The fourth-order valence-corrected chi connectivity index (χ4v) is 1.48. The number of aliphatic hydroxyl groups excluding tert-OH is 1. The maximum Gasteiger partial charge on any atom is 0.320 e. The summed E-state index contributed by atoms with van der Waals surface area (Å²) in [6.45, 7) is 7.77. The molecule has 2 atom stereocenters. The second-order valence-corrected chi connectivity index (χ2v) is 4.80. The molecule has 1 aromatic heterocycles. The van der Waals surface area contributed by atoms with E-state index in [0.717, 1.165) is 0 Å². The molecule has 2 unspecified atom stereocenters. The third kappa shape index (κ3) is 3.73. The van der Waals surface area contributed by atoms with Gasteiger partial charge in [0.1, 0.15) is 5.82 Å². The first kappa shape index (κ1) is 14.5. The van der Waals surface area contributed by atoms with Gasteiger partial charge in [-0.25, -0.2) is 9.48 Å². The van der Waals surface area contributed by atoms with Crippen LogP contribution in [0.4, 0.5) is 10.6 Å². The van der Waals surface area contributed by atoms with Crippen molar-refractivity contribution in [2.45, 2.75) is 39.8 Å². The summed E-state index contributed by atoms with van der Waals surface area (Å²) >= 11 is 0. The minimum absolute atomic E-state index is 0.0192. The number of amides is 2. The van der Waals surface area contributed by atoms with Crippen molar-refractivity contribution in [2.75, 3.05) is 11.9 Å². The van der Waals surface area contributed by atoms with Gasteiger partial charge in [0.05, 0.1) is 6.20 Å². The molecule has 3 N–H and O–H groups in total. The highest BCUT2D eigenvalue weighted by molar-refractivity contribution is 5.88. The van der Waals surface area contributed by atoms with E-state index in [1.807, 2.05) is 27.7 Å². The van der Waals surface area contributed by atoms with Crippen LogP contribution in [-0.2, 0) is 0 Å². The molecule has 102 valence electrons. The molecule has 6 heteroatoms. The van der Waals surface area contributed by atoms with Gasteiger partial charge in [-0.3, -0.25) is 5.32 Å². The van der Waals surface area contributed by atoms with Crippen LogP contribution in [0.25, 0.3) is 0 Å². The number of urea groups is 1. The summed E-state index contributed by atoms with van der Waals surface area (Å²) < 4.78 is 1.74. The molecule has 0 aliphatic heterocycles. The molecule has 0 bridgehead atoms. The van der Waals surface area contributed by atoms with Crippen molar-refractivity contribution in [1.82, 2.24) is 15.1 Å². The smallest absolute Gasteiger partial charge is 0.320 e. The largest absolute Gasteiger partial charge is 0.396 e. The van der Waals surface area contributed by atoms with Crippen LogP contribution in [0.5, 0.6) is 0 Å². The van der Waals surface area contributed by atoms with Crippen LogP contribution in [0.2, 0.25) is 0 Å². The molecule has 1 heterocycles. The lowest BCUT2D eigenvalue weighted by Gasteiger charge is -2.20. The van der Waals surface area contributed by atoms with E-state index in [1.54, 1.807) is 16.9 Å². The highest BCUT2D eigenvalue weighted by Crippen LogP contribution is 2.12. The van der Waals surface area contributed by atoms with Crippen molar-refractivity contribution in [3.05, 3.63) is 12.3 Å². The van der Waals surface area contributed by atoms with Gasteiger partial charge in [0.15, 0.2) is 0 Å². The van der Waals surface area contributed by atoms with Crippen molar-refractivity contribution >= 4 is 11.8 Å². The normalized spacial score (nSPS) is 14.3. The van der Waals surface area contributed by atoms with Crippen molar-refractivity contribution in [3.8, 4) is 0 Å². The topological polar surface area (TPSA) is 79.2 Å². The fraction of sp³-hybridized carbons (Fsp3) is 0.667. The summed E-state index contributed by atoms with van der Waals surface area (Å²) in [5.41, 5.74) is 0. The van der Waals surface area contributed by atoms with Crippen molar-refractivity contribution in [3.63, 3.8) is 0 Å². The number of aliphatic hydroxyl groups is 1. The Morgan fingerprint density at radius 3 is 2.67 bits per heavy atom. The molecule has 0 saturated carbocycles. The highest BCUT2D eigenvalue weighted by atomic mass is 16.3. The molecular weight excluding hydrogens is 232 g/mol. The molecule has 1 rings (SSSR count). The van der Waals surface area contributed by atoms with Gasteiger partial charge in [-0.05, 0) is 26.7 Å². The maximum atomic E-state index is 11.8. The zero-order chi connectivity index (χ0) is 13.7. The van der Waals surface area contributed by atoms with Crippen LogP contribution in [0, 0.1) is 5.92 Å². The Labute approximate surface area is 107 Å². The average Bonchev–Trinajstić information content (AvgIpc) is 2.75. The summed E-state index contributed by atoms with van der Waals surface area (Å²) in [6, 6.07) is 1.56. The van der Waals surface area contributed by atoms with Gasteiger partial charge in [0.25, 0.3) is 0 Å². The van der Waals surface area contributed by atoms with E-state index in [0.29, 0.717) is 5.82 Å². The number of carbonyl (C=O) groups is 1. The summed E-state index contributed by atoms with van der Waals surface area (Å²) in [5.74, 6) is 0.678. The number of aromatic nitrogens is 2.